The maximum atomic E-state index is 12.7. The molecule has 2 aliphatic heterocycles. The normalized spacial score (nSPS) is 20.1. The van der Waals surface area contributed by atoms with Crippen LogP contribution in [-0.2, 0) is 0 Å². The summed E-state index contributed by atoms with van der Waals surface area (Å²) >= 11 is 0. The van der Waals surface area contributed by atoms with Crippen LogP contribution in [0, 0.1) is 5.41 Å². The summed E-state index contributed by atoms with van der Waals surface area (Å²) in [5.74, 6) is 0.656. The molecule has 1 spiro atoms. The molecule has 0 saturated carbocycles. The molecule has 2 fully saturated rings. The fraction of sp³-hybridized carbons (Fsp3) is 0.471. The molecular weight excluding hydrogens is 292 g/mol. The monoisotopic (exact) mass is 312 g/mol. The third-order valence-electron chi connectivity index (χ3n) is 5.19. The van der Waals surface area contributed by atoms with Gasteiger partial charge in [0.15, 0.2) is 0 Å². The van der Waals surface area contributed by atoms with Crippen LogP contribution in [0.15, 0.2) is 35.2 Å². The molecule has 0 unspecified atom stereocenters. The van der Waals surface area contributed by atoms with Gasteiger partial charge >= 0.3 is 0 Å². The second-order valence-corrected chi connectivity index (χ2v) is 6.55. The van der Waals surface area contributed by atoms with Crippen molar-refractivity contribution in [2.24, 2.45) is 5.41 Å². The summed E-state index contributed by atoms with van der Waals surface area (Å²) in [7, 11) is 0. The molecule has 23 heavy (non-hydrogen) atoms. The number of hydrogen-bond acceptors (Lipinski definition) is 5. The zero-order chi connectivity index (χ0) is 15.7. The van der Waals surface area contributed by atoms with Crippen molar-refractivity contribution in [1.82, 2.24) is 20.4 Å². The largest absolute Gasteiger partial charge is 0.342 e. The quantitative estimate of drug-likeness (QED) is 0.918. The van der Waals surface area contributed by atoms with E-state index in [1.54, 1.807) is 0 Å². The molecule has 0 radical (unpaired) electrons. The first-order chi connectivity index (χ1) is 11.3. The molecule has 6 heteroatoms. The van der Waals surface area contributed by atoms with E-state index in [-0.39, 0.29) is 5.91 Å². The Labute approximate surface area is 134 Å². The third kappa shape index (κ3) is 2.74. The van der Waals surface area contributed by atoms with E-state index in [0.717, 1.165) is 50.1 Å². The standard InChI is InChI=1S/C17H20N4O2/c22-16(21-9-6-17(7-10-21)5-8-18-11-17)14-3-1-13(2-4-14)15-19-12-23-20-15/h1-4,12,18H,5-11H2. The van der Waals surface area contributed by atoms with Gasteiger partial charge in [-0.3, -0.25) is 4.79 Å². The molecule has 0 bridgehead atoms. The number of benzene rings is 1. The number of rotatable bonds is 2. The number of hydrogen-bond donors (Lipinski definition) is 1. The molecule has 1 aromatic heterocycles. The Morgan fingerprint density at radius 1 is 1.17 bits per heavy atom. The van der Waals surface area contributed by atoms with Gasteiger partial charge in [-0.05, 0) is 43.4 Å². The Bertz CT molecular complexity index is 665. The molecule has 6 nitrogen and oxygen atoms in total. The minimum atomic E-state index is 0.116. The first-order valence-electron chi connectivity index (χ1n) is 8.13. The van der Waals surface area contributed by atoms with Gasteiger partial charge in [0.1, 0.15) is 0 Å². The highest BCUT2D eigenvalue weighted by Crippen LogP contribution is 2.37. The fourth-order valence-corrected chi connectivity index (χ4v) is 3.65. The Morgan fingerprint density at radius 2 is 1.96 bits per heavy atom. The van der Waals surface area contributed by atoms with E-state index in [1.807, 2.05) is 29.2 Å². The molecule has 2 saturated heterocycles. The lowest BCUT2D eigenvalue weighted by molar-refractivity contribution is 0.0607. The van der Waals surface area contributed by atoms with E-state index in [2.05, 4.69) is 15.5 Å². The molecule has 1 aromatic carbocycles. The molecule has 0 aliphatic carbocycles. The lowest BCUT2D eigenvalue weighted by atomic mass is 9.78. The van der Waals surface area contributed by atoms with E-state index in [1.165, 1.54) is 12.8 Å². The van der Waals surface area contributed by atoms with Gasteiger partial charge in [-0.15, -0.1) is 0 Å². The van der Waals surface area contributed by atoms with Gasteiger partial charge in [-0.1, -0.05) is 17.3 Å². The van der Waals surface area contributed by atoms with Gasteiger partial charge in [0.2, 0.25) is 12.2 Å². The summed E-state index contributed by atoms with van der Waals surface area (Å²) in [6, 6.07) is 7.42. The van der Waals surface area contributed by atoms with Gasteiger partial charge in [0.25, 0.3) is 5.91 Å². The molecule has 0 atom stereocenters. The second-order valence-electron chi connectivity index (χ2n) is 6.55. The zero-order valence-electron chi connectivity index (χ0n) is 13.0. The van der Waals surface area contributed by atoms with Gasteiger partial charge in [0.05, 0.1) is 0 Å². The predicted octanol–water partition coefficient (Wildman–Crippen LogP) is 1.95. The van der Waals surface area contributed by atoms with Crippen molar-refractivity contribution in [3.05, 3.63) is 36.2 Å². The average Bonchev–Trinajstić information content (AvgIpc) is 3.28. The Hall–Kier alpha value is -2.21. The van der Waals surface area contributed by atoms with Gasteiger partial charge in [-0.2, -0.15) is 4.98 Å². The van der Waals surface area contributed by atoms with E-state index >= 15 is 0 Å². The number of carbonyl (C=O) groups is 1. The van der Waals surface area contributed by atoms with Crippen LogP contribution >= 0.6 is 0 Å². The topological polar surface area (TPSA) is 71.3 Å². The lowest BCUT2D eigenvalue weighted by Crippen LogP contribution is -2.44. The summed E-state index contributed by atoms with van der Waals surface area (Å²) < 4.78 is 4.75. The van der Waals surface area contributed by atoms with E-state index in [9.17, 15) is 4.79 Å². The van der Waals surface area contributed by atoms with Crippen molar-refractivity contribution in [3.63, 3.8) is 0 Å². The van der Waals surface area contributed by atoms with E-state index in [4.69, 9.17) is 4.52 Å². The third-order valence-corrected chi connectivity index (χ3v) is 5.19. The van der Waals surface area contributed by atoms with Crippen LogP contribution in [0.4, 0.5) is 0 Å². The minimum Gasteiger partial charge on any atom is -0.342 e. The summed E-state index contributed by atoms with van der Waals surface area (Å²) in [5, 5.41) is 7.26. The summed E-state index contributed by atoms with van der Waals surface area (Å²) in [6.07, 6.45) is 4.75. The number of carbonyl (C=O) groups excluding carboxylic acids is 1. The smallest absolute Gasteiger partial charge is 0.253 e. The van der Waals surface area contributed by atoms with Crippen LogP contribution < -0.4 is 5.32 Å². The van der Waals surface area contributed by atoms with Gasteiger partial charge in [-0.25, -0.2) is 0 Å². The molecule has 2 aromatic rings. The highest BCUT2D eigenvalue weighted by Gasteiger charge is 2.38. The first kappa shape index (κ1) is 14.4. The van der Waals surface area contributed by atoms with Crippen LogP contribution in [0.1, 0.15) is 29.6 Å². The number of piperidine rings is 1. The zero-order valence-corrected chi connectivity index (χ0v) is 13.0. The second kappa shape index (κ2) is 5.77. The number of nitrogens with one attached hydrogen (secondary N) is 1. The molecule has 4 rings (SSSR count). The maximum absolute atomic E-state index is 12.7. The SMILES string of the molecule is O=C(c1ccc(-c2ncon2)cc1)N1CCC2(CCNC2)CC1. The van der Waals surface area contributed by atoms with Crippen LogP contribution in [0.2, 0.25) is 0 Å². The Morgan fingerprint density at radius 3 is 2.57 bits per heavy atom. The van der Waals surface area contributed by atoms with E-state index in [0.29, 0.717) is 11.2 Å². The van der Waals surface area contributed by atoms with Crippen LogP contribution in [0.3, 0.4) is 0 Å². The first-order valence-corrected chi connectivity index (χ1v) is 8.13. The molecule has 2 aliphatic rings. The minimum absolute atomic E-state index is 0.116. The van der Waals surface area contributed by atoms with Crippen LogP contribution in [0.5, 0.6) is 0 Å². The molecule has 1 N–H and O–H groups in total. The molecule has 120 valence electrons. The van der Waals surface area contributed by atoms with E-state index < -0.39 is 0 Å². The van der Waals surface area contributed by atoms with Gasteiger partial charge in [0, 0.05) is 30.8 Å². The van der Waals surface area contributed by atoms with Crippen LogP contribution in [0.25, 0.3) is 11.4 Å². The van der Waals surface area contributed by atoms with Gasteiger partial charge < -0.3 is 14.7 Å². The van der Waals surface area contributed by atoms with Crippen molar-refractivity contribution in [2.45, 2.75) is 19.3 Å². The Kier molecular flexibility index (Phi) is 3.61. The summed E-state index contributed by atoms with van der Waals surface area (Å²) in [4.78, 5) is 18.7. The van der Waals surface area contributed by atoms with Crippen molar-refractivity contribution < 1.29 is 9.32 Å². The predicted molar refractivity (Wildman–Crippen MR) is 84.8 cm³/mol. The maximum Gasteiger partial charge on any atom is 0.253 e. The van der Waals surface area contributed by atoms with Crippen molar-refractivity contribution in [1.29, 1.82) is 0 Å². The lowest BCUT2D eigenvalue weighted by Gasteiger charge is -2.38. The molecule has 1 amide bonds. The highest BCUT2D eigenvalue weighted by atomic mass is 16.5. The molecule has 3 heterocycles. The summed E-state index contributed by atoms with van der Waals surface area (Å²) in [6.45, 7) is 3.93. The number of nitrogens with zero attached hydrogens (tertiary/aromatic N) is 3. The van der Waals surface area contributed by atoms with Crippen molar-refractivity contribution >= 4 is 5.91 Å². The fourth-order valence-electron chi connectivity index (χ4n) is 3.65. The van der Waals surface area contributed by atoms with Crippen molar-refractivity contribution in [3.8, 4) is 11.4 Å². The molecular formula is C17H20N4O2. The Balaban J connectivity index is 1.43. The van der Waals surface area contributed by atoms with Crippen LogP contribution in [-0.4, -0.2) is 47.1 Å². The average molecular weight is 312 g/mol. The van der Waals surface area contributed by atoms with Crippen molar-refractivity contribution in [2.75, 3.05) is 26.2 Å². The summed E-state index contributed by atoms with van der Waals surface area (Å²) in [5.41, 5.74) is 2.00. The number of amides is 1. The number of aromatic nitrogens is 2. The highest BCUT2D eigenvalue weighted by molar-refractivity contribution is 5.94. The number of likely N-dealkylation sites (tertiary alicyclic amines) is 1.